The van der Waals surface area contributed by atoms with Gasteiger partial charge >= 0.3 is 5.97 Å². The third kappa shape index (κ3) is 9.34. The van der Waals surface area contributed by atoms with Gasteiger partial charge in [0.2, 0.25) is 0 Å². The second-order valence-electron chi connectivity index (χ2n) is 8.64. The van der Waals surface area contributed by atoms with Gasteiger partial charge in [-0.1, -0.05) is 48.0 Å². The molecule has 0 saturated carbocycles. The minimum Gasteiger partial charge on any atom is -0.489 e. The maximum absolute atomic E-state index is 13.1. The third-order valence-electron chi connectivity index (χ3n) is 5.79. The Kier molecular flexibility index (Phi) is 11.4. The summed E-state index contributed by atoms with van der Waals surface area (Å²) in [5.74, 6) is -0.512. The quantitative estimate of drug-likeness (QED) is 0.173. The number of ether oxygens (including phenoxy) is 1. The van der Waals surface area contributed by atoms with E-state index >= 15 is 0 Å². The van der Waals surface area contributed by atoms with Gasteiger partial charge in [0.25, 0.3) is 0 Å². The van der Waals surface area contributed by atoms with Gasteiger partial charge in [-0.3, -0.25) is 15.0 Å². The maximum Gasteiger partial charge on any atom is 0.321 e. The van der Waals surface area contributed by atoms with Crippen molar-refractivity contribution in [1.29, 1.82) is 5.41 Å². The SMILES string of the molecule is CNC(Cc1ccc(OCc2cccc(F)c2)cc1)C(=O)O.N=c1cc(-c2ccc(Cl)cc2)ccn1/C=C/C=O. The lowest BCUT2D eigenvalue weighted by molar-refractivity contribution is -0.139. The van der Waals surface area contributed by atoms with E-state index in [1.54, 1.807) is 54.3 Å². The highest BCUT2D eigenvalue weighted by molar-refractivity contribution is 6.30. The molecule has 0 fully saturated rings. The van der Waals surface area contributed by atoms with Crippen LogP contribution < -0.4 is 15.5 Å². The second-order valence-corrected chi connectivity index (χ2v) is 9.08. The van der Waals surface area contributed by atoms with Crippen LogP contribution in [-0.2, 0) is 22.6 Å². The van der Waals surface area contributed by atoms with Crippen molar-refractivity contribution in [1.82, 2.24) is 9.88 Å². The van der Waals surface area contributed by atoms with Crippen LogP contribution in [0.2, 0.25) is 5.02 Å². The average Bonchev–Trinajstić information content (AvgIpc) is 2.95. The standard InChI is InChI=1S/C17H18FNO3.C14H11ClN2O/c1-19-16(17(20)21)10-12-5-7-15(8-6-12)22-11-13-3-2-4-14(18)9-13;15-13-4-2-11(3-5-13)12-6-8-17(7-1-9-18)14(16)10-12/h2-9,16,19H,10-11H2,1H3,(H,20,21);1-10,16H/b;7-1+,16-14?. The van der Waals surface area contributed by atoms with Crippen molar-refractivity contribution in [2.75, 3.05) is 7.05 Å². The molecule has 7 nitrogen and oxygen atoms in total. The lowest BCUT2D eigenvalue weighted by Crippen LogP contribution is -2.35. The number of hydrogen-bond acceptors (Lipinski definition) is 5. The topological polar surface area (TPSA) is 104 Å². The summed E-state index contributed by atoms with van der Waals surface area (Å²) in [6.07, 6.45) is 5.71. The third-order valence-corrected chi connectivity index (χ3v) is 6.04. The van der Waals surface area contributed by atoms with Crippen molar-refractivity contribution in [3.8, 4) is 16.9 Å². The van der Waals surface area contributed by atoms with Gasteiger partial charge in [0.1, 0.15) is 36.0 Å². The molecule has 0 bridgehead atoms. The number of carbonyl (C=O) groups is 2. The number of aliphatic carboxylic acids is 1. The maximum atomic E-state index is 13.1. The molecule has 0 amide bonds. The zero-order valence-electron chi connectivity index (χ0n) is 21.8. The van der Waals surface area contributed by atoms with Gasteiger partial charge in [-0.2, -0.15) is 0 Å². The highest BCUT2D eigenvalue weighted by Crippen LogP contribution is 2.20. The Morgan fingerprint density at radius 1 is 1.05 bits per heavy atom. The number of pyridine rings is 1. The van der Waals surface area contributed by atoms with Gasteiger partial charge < -0.3 is 19.7 Å². The van der Waals surface area contributed by atoms with Crippen molar-refractivity contribution in [3.63, 3.8) is 0 Å². The van der Waals surface area contributed by atoms with Gasteiger partial charge in [0.15, 0.2) is 0 Å². The van der Waals surface area contributed by atoms with E-state index in [1.165, 1.54) is 18.2 Å². The highest BCUT2D eigenvalue weighted by Gasteiger charge is 2.15. The normalized spacial score (nSPS) is 11.4. The minimum atomic E-state index is -0.881. The molecule has 9 heteroatoms. The lowest BCUT2D eigenvalue weighted by atomic mass is 10.1. The Balaban J connectivity index is 0.000000225. The van der Waals surface area contributed by atoms with Gasteiger partial charge in [0.05, 0.1) is 0 Å². The summed E-state index contributed by atoms with van der Waals surface area (Å²) in [5.41, 5.74) is 3.90. The Morgan fingerprint density at radius 3 is 2.38 bits per heavy atom. The zero-order chi connectivity index (χ0) is 28.9. The molecule has 3 aromatic carbocycles. The number of nitrogens with zero attached hydrogens (tertiary/aromatic N) is 1. The van der Waals surface area contributed by atoms with E-state index in [2.05, 4.69) is 5.32 Å². The summed E-state index contributed by atoms with van der Waals surface area (Å²) in [5, 5.41) is 20.3. The summed E-state index contributed by atoms with van der Waals surface area (Å²) in [7, 11) is 1.62. The molecule has 0 aliphatic rings. The first-order valence-electron chi connectivity index (χ1n) is 12.3. The summed E-state index contributed by atoms with van der Waals surface area (Å²) < 4.78 is 20.2. The molecule has 4 aromatic rings. The number of carboxylic acid groups (broad SMARTS) is 1. The Morgan fingerprint density at radius 2 is 1.77 bits per heavy atom. The number of halogens is 2. The fourth-order valence-corrected chi connectivity index (χ4v) is 3.78. The first kappa shape index (κ1) is 30.0. The number of aldehydes is 1. The number of aromatic nitrogens is 1. The van der Waals surface area contributed by atoms with Crippen LogP contribution in [0.3, 0.4) is 0 Å². The molecule has 1 heterocycles. The molecule has 1 unspecified atom stereocenters. The molecule has 0 saturated heterocycles. The van der Waals surface area contributed by atoms with Crippen LogP contribution in [0.1, 0.15) is 11.1 Å². The molecule has 3 N–H and O–H groups in total. The van der Waals surface area contributed by atoms with Crippen LogP contribution in [0, 0.1) is 11.2 Å². The van der Waals surface area contributed by atoms with E-state index in [0.717, 1.165) is 22.3 Å². The lowest BCUT2D eigenvalue weighted by Gasteiger charge is -2.12. The molecule has 0 radical (unpaired) electrons. The highest BCUT2D eigenvalue weighted by atomic mass is 35.5. The number of carboxylic acids is 1. The Labute approximate surface area is 236 Å². The van der Waals surface area contributed by atoms with E-state index in [0.29, 0.717) is 29.0 Å². The number of allylic oxidation sites excluding steroid dienone is 1. The van der Waals surface area contributed by atoms with E-state index in [9.17, 15) is 14.0 Å². The number of rotatable bonds is 10. The largest absolute Gasteiger partial charge is 0.489 e. The fraction of sp³-hybridized carbons (Fsp3) is 0.129. The second kappa shape index (κ2) is 15.2. The van der Waals surface area contributed by atoms with Crippen molar-refractivity contribution < 1.29 is 23.8 Å². The molecular weight excluding hydrogens is 533 g/mol. The van der Waals surface area contributed by atoms with Crippen LogP contribution in [0.5, 0.6) is 5.75 Å². The Hall–Kier alpha value is -4.53. The predicted octanol–water partition coefficient (Wildman–Crippen LogP) is 5.58. The minimum absolute atomic E-state index is 0.283. The molecule has 1 aromatic heterocycles. The number of carbonyl (C=O) groups excluding carboxylic acids is 1. The van der Waals surface area contributed by atoms with Gasteiger partial charge in [-0.15, -0.1) is 0 Å². The summed E-state index contributed by atoms with van der Waals surface area (Å²) in [6, 6.07) is 23.9. The molecule has 1 atom stereocenters. The number of hydrogen-bond donors (Lipinski definition) is 3. The van der Waals surface area contributed by atoms with Crippen LogP contribution >= 0.6 is 11.6 Å². The monoisotopic (exact) mass is 561 g/mol. The van der Waals surface area contributed by atoms with Crippen LogP contribution in [0.4, 0.5) is 4.39 Å². The summed E-state index contributed by atoms with van der Waals surface area (Å²) >= 11 is 5.83. The first-order valence-corrected chi connectivity index (χ1v) is 12.7. The van der Waals surface area contributed by atoms with E-state index in [1.807, 2.05) is 42.5 Å². The molecule has 4 rings (SSSR count). The van der Waals surface area contributed by atoms with Crippen molar-refractivity contribution in [2.24, 2.45) is 0 Å². The van der Waals surface area contributed by atoms with Crippen molar-refractivity contribution >= 4 is 30.1 Å². The first-order chi connectivity index (χ1) is 19.3. The van der Waals surface area contributed by atoms with Crippen LogP contribution in [-0.4, -0.2) is 35.0 Å². The van der Waals surface area contributed by atoms with Crippen LogP contribution in [0.25, 0.3) is 17.3 Å². The molecule has 40 heavy (non-hydrogen) atoms. The van der Waals surface area contributed by atoms with Crippen molar-refractivity contribution in [3.05, 3.63) is 125 Å². The summed E-state index contributed by atoms with van der Waals surface area (Å²) in [4.78, 5) is 21.2. The zero-order valence-corrected chi connectivity index (χ0v) is 22.5. The van der Waals surface area contributed by atoms with Gasteiger partial charge in [-0.25, -0.2) is 4.39 Å². The summed E-state index contributed by atoms with van der Waals surface area (Å²) in [6.45, 7) is 0.283. The molecule has 206 valence electrons. The van der Waals surface area contributed by atoms with Crippen molar-refractivity contribution in [2.45, 2.75) is 19.1 Å². The van der Waals surface area contributed by atoms with E-state index in [-0.39, 0.29) is 12.4 Å². The number of likely N-dealkylation sites (N-methyl/N-ethyl adjacent to an activating group) is 1. The molecular formula is C31H29ClFN3O4. The fourth-order valence-electron chi connectivity index (χ4n) is 3.65. The smallest absolute Gasteiger partial charge is 0.321 e. The Bertz CT molecular complexity index is 1500. The van der Waals surface area contributed by atoms with Gasteiger partial charge in [-0.05, 0) is 90.3 Å². The van der Waals surface area contributed by atoms with E-state index < -0.39 is 12.0 Å². The number of nitrogens with one attached hydrogen (secondary N) is 2. The van der Waals surface area contributed by atoms with Gasteiger partial charge in [0, 0.05) is 17.4 Å². The molecule has 0 aliphatic carbocycles. The van der Waals surface area contributed by atoms with E-state index in [4.69, 9.17) is 26.9 Å². The molecule has 0 aliphatic heterocycles. The van der Waals surface area contributed by atoms with Crippen LogP contribution in [0.15, 0.2) is 97.2 Å². The number of benzene rings is 3. The average molecular weight is 562 g/mol. The molecule has 0 spiro atoms. The predicted molar refractivity (Wildman–Crippen MR) is 153 cm³/mol.